The second kappa shape index (κ2) is 9.37. The summed E-state index contributed by atoms with van der Waals surface area (Å²) in [6.07, 6.45) is 1.63. The average molecular weight is 452 g/mol. The number of aryl methyl sites for hydroxylation is 1. The molecule has 2 aromatic heterocycles. The van der Waals surface area contributed by atoms with Gasteiger partial charge in [0.05, 0.1) is 19.4 Å². The van der Waals surface area contributed by atoms with Gasteiger partial charge in [-0.15, -0.1) is 0 Å². The van der Waals surface area contributed by atoms with E-state index < -0.39 is 0 Å². The van der Waals surface area contributed by atoms with Crippen molar-refractivity contribution < 1.29 is 4.42 Å². The number of H-pyrrole nitrogens is 1. The highest BCUT2D eigenvalue weighted by atomic mass is 35.5. The molecule has 0 amide bonds. The average Bonchev–Trinajstić information content (AvgIpc) is 3.27. The van der Waals surface area contributed by atoms with E-state index in [4.69, 9.17) is 28.2 Å². The van der Waals surface area contributed by atoms with Gasteiger partial charge in [0.2, 0.25) is 0 Å². The molecular weight excluding hydrogens is 430 g/mol. The second-order valence-electron chi connectivity index (χ2n) is 7.44. The predicted molar refractivity (Wildman–Crippen MR) is 128 cm³/mol. The van der Waals surface area contributed by atoms with Gasteiger partial charge in [-0.1, -0.05) is 35.9 Å². The SMILES string of the molecule is Cc1ccc2cc(CN(Cc3ccc(Cl)cc3)C(=S)NCc3ccco3)c(=O)[nH]c2c1. The van der Waals surface area contributed by atoms with Gasteiger partial charge < -0.3 is 19.6 Å². The van der Waals surface area contributed by atoms with Crippen molar-refractivity contribution in [1.29, 1.82) is 0 Å². The molecule has 0 aliphatic rings. The quantitative estimate of drug-likeness (QED) is 0.396. The maximum absolute atomic E-state index is 12.8. The molecule has 4 rings (SSSR count). The predicted octanol–water partition coefficient (Wildman–Crippen LogP) is 5.16. The van der Waals surface area contributed by atoms with E-state index in [9.17, 15) is 4.79 Å². The van der Waals surface area contributed by atoms with Crippen molar-refractivity contribution in [2.45, 2.75) is 26.6 Å². The van der Waals surface area contributed by atoms with Gasteiger partial charge in [0.15, 0.2) is 5.11 Å². The summed E-state index contributed by atoms with van der Waals surface area (Å²) in [6, 6.07) is 19.3. The first-order valence-electron chi connectivity index (χ1n) is 9.90. The first-order valence-corrected chi connectivity index (χ1v) is 10.7. The number of rotatable bonds is 6. The molecule has 0 saturated heterocycles. The van der Waals surface area contributed by atoms with Crippen LogP contribution >= 0.6 is 23.8 Å². The van der Waals surface area contributed by atoms with E-state index in [1.54, 1.807) is 6.26 Å². The Morgan fingerprint density at radius 1 is 1.13 bits per heavy atom. The van der Waals surface area contributed by atoms with E-state index in [2.05, 4.69) is 10.3 Å². The van der Waals surface area contributed by atoms with Gasteiger partial charge in [-0.2, -0.15) is 0 Å². The minimum atomic E-state index is -0.118. The fourth-order valence-corrected chi connectivity index (χ4v) is 3.71. The van der Waals surface area contributed by atoms with Crippen LogP contribution in [0.1, 0.15) is 22.5 Å². The molecule has 2 heterocycles. The van der Waals surface area contributed by atoms with Crippen molar-refractivity contribution in [3.05, 3.63) is 105 Å². The highest BCUT2D eigenvalue weighted by molar-refractivity contribution is 7.80. The highest BCUT2D eigenvalue weighted by Gasteiger charge is 2.15. The Morgan fingerprint density at radius 2 is 1.94 bits per heavy atom. The fourth-order valence-electron chi connectivity index (χ4n) is 3.38. The number of fused-ring (bicyclic) bond motifs is 1. The molecule has 0 saturated carbocycles. The molecular formula is C24H22ClN3O2S. The van der Waals surface area contributed by atoms with Crippen LogP contribution in [0.15, 0.2) is 76.1 Å². The molecule has 0 unspecified atom stereocenters. The van der Waals surface area contributed by atoms with E-state index in [0.29, 0.717) is 35.3 Å². The Labute approximate surface area is 190 Å². The molecule has 0 aliphatic carbocycles. The van der Waals surface area contributed by atoms with Gasteiger partial charge in [-0.25, -0.2) is 0 Å². The van der Waals surface area contributed by atoms with Crippen molar-refractivity contribution in [3.63, 3.8) is 0 Å². The van der Waals surface area contributed by atoms with Crippen LogP contribution < -0.4 is 10.9 Å². The molecule has 158 valence electrons. The number of halogens is 1. The molecule has 31 heavy (non-hydrogen) atoms. The van der Waals surface area contributed by atoms with Crippen LogP contribution in [-0.2, 0) is 19.6 Å². The highest BCUT2D eigenvalue weighted by Crippen LogP contribution is 2.16. The molecule has 2 aromatic carbocycles. The largest absolute Gasteiger partial charge is 0.467 e. The zero-order valence-corrected chi connectivity index (χ0v) is 18.6. The Kier molecular flexibility index (Phi) is 6.39. The van der Waals surface area contributed by atoms with Crippen molar-refractivity contribution >= 4 is 39.8 Å². The Bertz CT molecular complexity index is 1250. The number of thiocarbonyl (C=S) groups is 1. The Balaban J connectivity index is 1.59. The maximum Gasteiger partial charge on any atom is 0.253 e. The summed E-state index contributed by atoms with van der Waals surface area (Å²) in [7, 11) is 0. The van der Waals surface area contributed by atoms with Crippen LogP contribution in [0, 0.1) is 6.92 Å². The number of nitrogens with one attached hydrogen (secondary N) is 2. The van der Waals surface area contributed by atoms with E-state index in [1.807, 2.05) is 72.5 Å². The van der Waals surface area contributed by atoms with Gasteiger partial charge in [-0.05, 0) is 72.1 Å². The number of aromatic amines is 1. The molecule has 0 bridgehead atoms. The van der Waals surface area contributed by atoms with Crippen molar-refractivity contribution in [3.8, 4) is 0 Å². The monoisotopic (exact) mass is 451 g/mol. The molecule has 0 spiro atoms. The molecule has 0 radical (unpaired) electrons. The third-order valence-electron chi connectivity index (χ3n) is 5.01. The first kappa shape index (κ1) is 21.2. The van der Waals surface area contributed by atoms with Crippen LogP contribution in [0.25, 0.3) is 10.9 Å². The molecule has 7 heteroatoms. The summed E-state index contributed by atoms with van der Waals surface area (Å²) in [5.74, 6) is 0.785. The van der Waals surface area contributed by atoms with Gasteiger partial charge in [-0.3, -0.25) is 4.79 Å². The van der Waals surface area contributed by atoms with Crippen molar-refractivity contribution in [1.82, 2.24) is 15.2 Å². The normalized spacial score (nSPS) is 10.9. The number of hydrogen-bond acceptors (Lipinski definition) is 3. The van der Waals surface area contributed by atoms with Crippen LogP contribution in [0.5, 0.6) is 0 Å². The number of nitrogens with zero attached hydrogens (tertiary/aromatic N) is 1. The van der Waals surface area contributed by atoms with Gasteiger partial charge >= 0.3 is 0 Å². The minimum Gasteiger partial charge on any atom is -0.467 e. The fraction of sp³-hybridized carbons (Fsp3) is 0.167. The lowest BCUT2D eigenvalue weighted by molar-refractivity contribution is 0.393. The minimum absolute atomic E-state index is 0.118. The summed E-state index contributed by atoms with van der Waals surface area (Å²) >= 11 is 11.7. The zero-order chi connectivity index (χ0) is 21.8. The third kappa shape index (κ3) is 5.34. The summed E-state index contributed by atoms with van der Waals surface area (Å²) < 4.78 is 5.38. The lowest BCUT2D eigenvalue weighted by atomic mass is 10.1. The summed E-state index contributed by atoms with van der Waals surface area (Å²) in [4.78, 5) is 17.7. The van der Waals surface area contributed by atoms with Gasteiger partial charge in [0.25, 0.3) is 5.56 Å². The van der Waals surface area contributed by atoms with E-state index in [1.165, 1.54) is 0 Å². The first-order chi connectivity index (χ1) is 15.0. The third-order valence-corrected chi connectivity index (χ3v) is 5.66. The lowest BCUT2D eigenvalue weighted by Gasteiger charge is -2.26. The Hall–Kier alpha value is -3.09. The number of hydrogen-bond donors (Lipinski definition) is 2. The number of benzene rings is 2. The van der Waals surface area contributed by atoms with Crippen LogP contribution in [0.2, 0.25) is 5.02 Å². The Morgan fingerprint density at radius 3 is 2.68 bits per heavy atom. The maximum atomic E-state index is 12.8. The van der Waals surface area contributed by atoms with Crippen LogP contribution in [-0.4, -0.2) is 15.0 Å². The summed E-state index contributed by atoms with van der Waals surface area (Å²) in [6.45, 7) is 3.37. The second-order valence-corrected chi connectivity index (χ2v) is 8.26. The van der Waals surface area contributed by atoms with Crippen molar-refractivity contribution in [2.24, 2.45) is 0 Å². The molecule has 0 aliphatic heterocycles. The van der Waals surface area contributed by atoms with Crippen LogP contribution in [0.3, 0.4) is 0 Å². The smallest absolute Gasteiger partial charge is 0.253 e. The van der Waals surface area contributed by atoms with E-state index >= 15 is 0 Å². The lowest BCUT2D eigenvalue weighted by Crippen LogP contribution is -2.39. The summed E-state index contributed by atoms with van der Waals surface area (Å²) in [5.41, 5.74) is 3.50. The molecule has 5 nitrogen and oxygen atoms in total. The molecule has 4 aromatic rings. The van der Waals surface area contributed by atoms with Gasteiger partial charge in [0.1, 0.15) is 5.76 Å². The standard InChI is InChI=1S/C24H22ClN3O2S/c1-16-4-7-18-12-19(23(29)27-22(18)11-16)15-28(14-17-5-8-20(25)9-6-17)24(31)26-13-21-3-2-10-30-21/h2-12H,13-15H2,1H3,(H,26,31)(H,27,29). The van der Waals surface area contributed by atoms with Crippen molar-refractivity contribution in [2.75, 3.05) is 0 Å². The molecule has 2 N–H and O–H groups in total. The topological polar surface area (TPSA) is 61.3 Å². The van der Waals surface area contributed by atoms with E-state index in [-0.39, 0.29) is 5.56 Å². The number of furan rings is 1. The van der Waals surface area contributed by atoms with Crippen LogP contribution in [0.4, 0.5) is 0 Å². The molecule has 0 fully saturated rings. The summed E-state index contributed by atoms with van der Waals surface area (Å²) in [5, 5.41) is 5.43. The zero-order valence-electron chi connectivity index (χ0n) is 17.0. The number of aromatic nitrogens is 1. The number of pyridine rings is 1. The van der Waals surface area contributed by atoms with Gasteiger partial charge in [0, 0.05) is 22.6 Å². The van der Waals surface area contributed by atoms with E-state index in [0.717, 1.165) is 27.8 Å². The molecule has 0 atom stereocenters.